The second-order valence-corrected chi connectivity index (χ2v) is 7.34. The Bertz CT molecular complexity index is 1400. The summed E-state index contributed by atoms with van der Waals surface area (Å²) in [6, 6.07) is 31.7. The van der Waals surface area contributed by atoms with Crippen molar-refractivity contribution >= 4 is 23.3 Å². The standard InChI is InChI=1S/C27H20N4O/c32-26(17-14-20-12-15-22(16-13-20)21-7-2-1-3-8-21)28-24-10-6-9-23(19-24)27-30-29-25-11-4-5-18-31(25)27/h1-19H,(H,28,32)/b17-14+. The number of hydrogen-bond donors (Lipinski definition) is 1. The molecule has 0 aliphatic heterocycles. The smallest absolute Gasteiger partial charge is 0.248 e. The lowest BCUT2D eigenvalue weighted by molar-refractivity contribution is -0.111. The summed E-state index contributed by atoms with van der Waals surface area (Å²) in [5.41, 5.74) is 5.62. The molecule has 0 aliphatic rings. The third-order valence-electron chi connectivity index (χ3n) is 5.15. The van der Waals surface area contributed by atoms with Gasteiger partial charge in [-0.05, 0) is 47.0 Å². The lowest BCUT2D eigenvalue weighted by atomic mass is 10.0. The Morgan fingerprint density at radius 1 is 0.750 bits per heavy atom. The quantitative estimate of drug-likeness (QED) is 0.373. The molecule has 5 nitrogen and oxygen atoms in total. The summed E-state index contributed by atoms with van der Waals surface area (Å²) in [5.74, 6) is 0.533. The van der Waals surface area contributed by atoms with Gasteiger partial charge in [-0.3, -0.25) is 9.20 Å². The van der Waals surface area contributed by atoms with Gasteiger partial charge in [0, 0.05) is 23.5 Å². The molecule has 0 spiro atoms. The van der Waals surface area contributed by atoms with Crippen molar-refractivity contribution in [2.75, 3.05) is 5.32 Å². The van der Waals surface area contributed by atoms with Crippen LogP contribution in [0.25, 0.3) is 34.2 Å². The third kappa shape index (κ3) is 4.18. The van der Waals surface area contributed by atoms with Crippen molar-refractivity contribution in [2.24, 2.45) is 0 Å². The van der Waals surface area contributed by atoms with Crippen molar-refractivity contribution in [3.05, 3.63) is 115 Å². The Kier molecular flexibility index (Phi) is 5.29. The Morgan fingerprint density at radius 3 is 2.34 bits per heavy atom. The molecule has 0 fully saturated rings. The number of rotatable bonds is 5. The molecule has 3 aromatic carbocycles. The van der Waals surface area contributed by atoms with Gasteiger partial charge in [-0.25, -0.2) is 0 Å². The summed E-state index contributed by atoms with van der Waals surface area (Å²) in [7, 11) is 0. The van der Waals surface area contributed by atoms with Crippen LogP contribution in [0.5, 0.6) is 0 Å². The fourth-order valence-electron chi connectivity index (χ4n) is 3.55. The van der Waals surface area contributed by atoms with Gasteiger partial charge in [-0.1, -0.05) is 72.8 Å². The molecule has 0 saturated carbocycles. The Balaban J connectivity index is 1.28. The van der Waals surface area contributed by atoms with E-state index in [1.165, 1.54) is 11.6 Å². The number of benzene rings is 3. The maximum atomic E-state index is 12.5. The molecule has 5 aromatic rings. The normalized spacial score (nSPS) is 11.1. The number of nitrogens with one attached hydrogen (secondary N) is 1. The molecule has 0 atom stereocenters. The van der Waals surface area contributed by atoms with Crippen LogP contribution in [0.1, 0.15) is 5.56 Å². The number of nitrogens with zero attached hydrogens (tertiary/aromatic N) is 3. The molecule has 0 aliphatic carbocycles. The van der Waals surface area contributed by atoms with E-state index in [2.05, 4.69) is 39.8 Å². The van der Waals surface area contributed by atoms with Crippen molar-refractivity contribution in [3.8, 4) is 22.5 Å². The van der Waals surface area contributed by atoms with E-state index in [9.17, 15) is 4.79 Å². The van der Waals surface area contributed by atoms with Crippen molar-refractivity contribution in [1.82, 2.24) is 14.6 Å². The van der Waals surface area contributed by atoms with Crippen LogP contribution in [0.2, 0.25) is 0 Å². The lowest BCUT2D eigenvalue weighted by Gasteiger charge is -2.05. The average molecular weight is 416 g/mol. The number of anilines is 1. The van der Waals surface area contributed by atoms with Crippen LogP contribution < -0.4 is 5.32 Å². The predicted octanol–water partition coefficient (Wildman–Crippen LogP) is 5.72. The first-order valence-corrected chi connectivity index (χ1v) is 10.3. The molecule has 0 saturated heterocycles. The van der Waals surface area contributed by atoms with Gasteiger partial charge in [0.15, 0.2) is 11.5 Å². The summed E-state index contributed by atoms with van der Waals surface area (Å²) in [4.78, 5) is 12.5. The fourth-order valence-corrected chi connectivity index (χ4v) is 3.55. The summed E-state index contributed by atoms with van der Waals surface area (Å²) in [5, 5.41) is 11.4. The van der Waals surface area contributed by atoms with Crippen LogP contribution in [0.4, 0.5) is 5.69 Å². The average Bonchev–Trinajstić information content (AvgIpc) is 3.28. The molecule has 2 heterocycles. The van der Waals surface area contributed by atoms with Gasteiger partial charge in [0.05, 0.1) is 0 Å². The number of hydrogen-bond acceptors (Lipinski definition) is 3. The first-order valence-electron chi connectivity index (χ1n) is 10.3. The van der Waals surface area contributed by atoms with E-state index in [4.69, 9.17) is 0 Å². The molecule has 0 unspecified atom stereocenters. The maximum Gasteiger partial charge on any atom is 0.248 e. The van der Waals surface area contributed by atoms with E-state index in [1.807, 2.05) is 83.4 Å². The first-order chi connectivity index (χ1) is 15.8. The number of carbonyl (C=O) groups is 1. The van der Waals surface area contributed by atoms with E-state index < -0.39 is 0 Å². The number of amides is 1. The number of fused-ring (bicyclic) bond motifs is 1. The molecule has 154 valence electrons. The van der Waals surface area contributed by atoms with Crippen molar-refractivity contribution in [3.63, 3.8) is 0 Å². The molecule has 0 bridgehead atoms. The summed E-state index contributed by atoms with van der Waals surface area (Å²) in [6.07, 6.45) is 5.26. The van der Waals surface area contributed by atoms with Gasteiger partial charge in [0.1, 0.15) is 0 Å². The number of carbonyl (C=O) groups excluding carboxylic acids is 1. The number of pyridine rings is 1. The molecule has 2 aromatic heterocycles. The van der Waals surface area contributed by atoms with E-state index in [1.54, 1.807) is 6.08 Å². The van der Waals surface area contributed by atoms with Gasteiger partial charge in [0.2, 0.25) is 5.91 Å². The van der Waals surface area contributed by atoms with Gasteiger partial charge in [0.25, 0.3) is 0 Å². The topological polar surface area (TPSA) is 59.3 Å². The van der Waals surface area contributed by atoms with Crippen LogP contribution in [-0.2, 0) is 4.79 Å². The molecular formula is C27H20N4O. The van der Waals surface area contributed by atoms with Crippen LogP contribution in [0.15, 0.2) is 109 Å². The van der Waals surface area contributed by atoms with Gasteiger partial charge < -0.3 is 5.32 Å². The monoisotopic (exact) mass is 416 g/mol. The highest BCUT2D eigenvalue weighted by Crippen LogP contribution is 2.22. The summed E-state index contributed by atoms with van der Waals surface area (Å²) in [6.45, 7) is 0. The second kappa shape index (κ2) is 8.70. The molecule has 32 heavy (non-hydrogen) atoms. The minimum absolute atomic E-state index is 0.194. The van der Waals surface area contributed by atoms with E-state index in [0.29, 0.717) is 5.69 Å². The molecule has 1 N–H and O–H groups in total. The minimum atomic E-state index is -0.194. The van der Waals surface area contributed by atoms with Gasteiger partial charge in [-0.2, -0.15) is 0 Å². The van der Waals surface area contributed by atoms with Crippen LogP contribution in [0.3, 0.4) is 0 Å². The summed E-state index contributed by atoms with van der Waals surface area (Å²) < 4.78 is 1.92. The highest BCUT2D eigenvalue weighted by molar-refractivity contribution is 6.02. The zero-order chi connectivity index (χ0) is 21.8. The van der Waals surface area contributed by atoms with E-state index >= 15 is 0 Å². The minimum Gasteiger partial charge on any atom is -0.322 e. The molecule has 0 radical (unpaired) electrons. The molecular weight excluding hydrogens is 396 g/mol. The Hall–Kier alpha value is -4.51. The molecule has 5 rings (SSSR count). The van der Waals surface area contributed by atoms with Crippen LogP contribution >= 0.6 is 0 Å². The number of aromatic nitrogens is 3. The van der Waals surface area contributed by atoms with E-state index in [0.717, 1.165) is 28.2 Å². The molecule has 5 heteroatoms. The van der Waals surface area contributed by atoms with Crippen molar-refractivity contribution in [2.45, 2.75) is 0 Å². The van der Waals surface area contributed by atoms with Gasteiger partial charge >= 0.3 is 0 Å². The maximum absolute atomic E-state index is 12.5. The zero-order valence-electron chi connectivity index (χ0n) is 17.2. The highest BCUT2D eigenvalue weighted by Gasteiger charge is 2.08. The van der Waals surface area contributed by atoms with E-state index in [-0.39, 0.29) is 5.91 Å². The zero-order valence-corrected chi connectivity index (χ0v) is 17.2. The lowest BCUT2D eigenvalue weighted by Crippen LogP contribution is -2.07. The Morgan fingerprint density at radius 2 is 1.50 bits per heavy atom. The predicted molar refractivity (Wildman–Crippen MR) is 128 cm³/mol. The van der Waals surface area contributed by atoms with Crippen molar-refractivity contribution in [1.29, 1.82) is 0 Å². The van der Waals surface area contributed by atoms with Crippen molar-refractivity contribution < 1.29 is 4.79 Å². The fraction of sp³-hybridized carbons (Fsp3) is 0. The van der Waals surface area contributed by atoms with Crippen LogP contribution in [0, 0.1) is 0 Å². The van der Waals surface area contributed by atoms with Gasteiger partial charge in [-0.15, -0.1) is 10.2 Å². The van der Waals surface area contributed by atoms with Crippen LogP contribution in [-0.4, -0.2) is 20.5 Å². The third-order valence-corrected chi connectivity index (χ3v) is 5.15. The Labute approximate surface area is 185 Å². The second-order valence-electron chi connectivity index (χ2n) is 7.34. The highest BCUT2D eigenvalue weighted by atomic mass is 16.1. The SMILES string of the molecule is O=C(/C=C/c1ccc(-c2ccccc2)cc1)Nc1cccc(-c2nnc3ccccn23)c1. The molecule has 1 amide bonds. The first kappa shape index (κ1) is 19.5. The summed E-state index contributed by atoms with van der Waals surface area (Å²) >= 11 is 0. The largest absolute Gasteiger partial charge is 0.322 e.